The summed E-state index contributed by atoms with van der Waals surface area (Å²) in [6.45, 7) is 2.43. The first-order valence-corrected chi connectivity index (χ1v) is 6.45. The first-order valence-electron chi connectivity index (χ1n) is 6.45. The van der Waals surface area contributed by atoms with Crippen LogP contribution in [-0.2, 0) is 9.53 Å². The summed E-state index contributed by atoms with van der Waals surface area (Å²) >= 11 is 0. The number of aliphatic hydroxyl groups excluding tert-OH is 1. The Balaban J connectivity index is 0.00000200. The Labute approximate surface area is 125 Å². The van der Waals surface area contributed by atoms with Gasteiger partial charge in [-0.3, -0.25) is 4.79 Å². The molecule has 2 rings (SSSR count). The van der Waals surface area contributed by atoms with Gasteiger partial charge in [-0.15, -0.1) is 12.4 Å². The third-order valence-electron chi connectivity index (χ3n) is 3.40. The third-order valence-corrected chi connectivity index (χ3v) is 3.40. The smallest absolute Gasteiger partial charge is 0.241 e. The lowest BCUT2D eigenvalue weighted by atomic mass is 10.1. The van der Waals surface area contributed by atoms with E-state index in [1.54, 1.807) is 7.11 Å². The number of hydrogen-bond donors (Lipinski definition) is 3. The molecule has 1 heterocycles. The highest BCUT2D eigenvalue weighted by atomic mass is 35.5. The molecular formula is C14H21ClN2O3. The molecule has 0 aliphatic carbocycles. The van der Waals surface area contributed by atoms with Crippen molar-refractivity contribution < 1.29 is 14.6 Å². The van der Waals surface area contributed by atoms with Gasteiger partial charge in [-0.2, -0.15) is 0 Å². The van der Waals surface area contributed by atoms with Crippen LogP contribution >= 0.6 is 12.4 Å². The third kappa shape index (κ3) is 4.18. The lowest BCUT2D eigenvalue weighted by Gasteiger charge is -2.14. The van der Waals surface area contributed by atoms with Crippen molar-refractivity contribution in [3.05, 3.63) is 29.8 Å². The SMILES string of the molecule is COC(C)c1cccc(NC(=O)C2CC(O)CN2)c1.Cl. The van der Waals surface area contributed by atoms with Crippen LogP contribution in [0.5, 0.6) is 0 Å². The maximum absolute atomic E-state index is 12.0. The number of carbonyl (C=O) groups excluding carboxylic acids is 1. The highest BCUT2D eigenvalue weighted by Crippen LogP contribution is 2.20. The van der Waals surface area contributed by atoms with Crippen LogP contribution < -0.4 is 10.6 Å². The van der Waals surface area contributed by atoms with Gasteiger partial charge in [0.2, 0.25) is 5.91 Å². The molecule has 1 aliphatic heterocycles. The molecule has 1 aromatic rings. The second-order valence-electron chi connectivity index (χ2n) is 4.84. The minimum absolute atomic E-state index is 0. The van der Waals surface area contributed by atoms with Crippen LogP contribution in [0.4, 0.5) is 5.69 Å². The van der Waals surface area contributed by atoms with Gasteiger partial charge in [-0.05, 0) is 31.0 Å². The second-order valence-corrected chi connectivity index (χ2v) is 4.84. The van der Waals surface area contributed by atoms with E-state index in [-0.39, 0.29) is 30.5 Å². The van der Waals surface area contributed by atoms with E-state index >= 15 is 0 Å². The van der Waals surface area contributed by atoms with Crippen LogP contribution in [0.2, 0.25) is 0 Å². The van der Waals surface area contributed by atoms with Gasteiger partial charge in [0, 0.05) is 19.3 Å². The molecule has 1 aromatic carbocycles. The summed E-state index contributed by atoms with van der Waals surface area (Å²) in [6, 6.07) is 7.27. The number of methoxy groups -OCH3 is 1. The number of hydrogen-bond acceptors (Lipinski definition) is 4. The van der Waals surface area contributed by atoms with E-state index in [9.17, 15) is 9.90 Å². The Morgan fingerprint density at radius 1 is 1.55 bits per heavy atom. The standard InChI is InChI=1S/C14H20N2O3.ClH/c1-9(19-2)10-4-3-5-11(6-10)16-14(18)13-7-12(17)8-15-13;/h3-6,9,12-13,15,17H,7-8H2,1-2H3,(H,16,18);1H. The number of benzene rings is 1. The molecule has 3 atom stereocenters. The highest BCUT2D eigenvalue weighted by molar-refractivity contribution is 5.95. The highest BCUT2D eigenvalue weighted by Gasteiger charge is 2.27. The summed E-state index contributed by atoms with van der Waals surface area (Å²) < 4.78 is 5.25. The van der Waals surface area contributed by atoms with E-state index in [0.29, 0.717) is 13.0 Å². The number of aliphatic hydroxyl groups is 1. The molecule has 6 heteroatoms. The van der Waals surface area contributed by atoms with Crippen molar-refractivity contribution in [2.75, 3.05) is 19.0 Å². The Hall–Kier alpha value is -1.14. The van der Waals surface area contributed by atoms with Crippen LogP contribution in [0.25, 0.3) is 0 Å². The Kier molecular flexibility index (Phi) is 6.42. The largest absolute Gasteiger partial charge is 0.392 e. The Morgan fingerprint density at radius 3 is 2.90 bits per heavy atom. The van der Waals surface area contributed by atoms with Crippen molar-refractivity contribution in [2.24, 2.45) is 0 Å². The molecule has 3 N–H and O–H groups in total. The molecule has 0 saturated carbocycles. The molecule has 5 nitrogen and oxygen atoms in total. The van der Waals surface area contributed by atoms with Crippen molar-refractivity contribution >= 4 is 24.0 Å². The molecule has 1 aliphatic rings. The summed E-state index contributed by atoms with van der Waals surface area (Å²) in [5, 5.41) is 15.2. The number of nitrogens with one attached hydrogen (secondary N) is 2. The first kappa shape index (κ1) is 16.9. The van der Waals surface area contributed by atoms with Crippen LogP contribution in [0.1, 0.15) is 25.0 Å². The molecule has 0 spiro atoms. The maximum atomic E-state index is 12.0. The van der Waals surface area contributed by atoms with Gasteiger partial charge in [0.15, 0.2) is 0 Å². The number of halogens is 1. The average Bonchev–Trinajstić information content (AvgIpc) is 2.85. The number of ether oxygens (including phenoxy) is 1. The zero-order chi connectivity index (χ0) is 13.8. The summed E-state index contributed by atoms with van der Waals surface area (Å²) in [6.07, 6.45) is 0.0128. The molecule has 0 bridgehead atoms. The minimum Gasteiger partial charge on any atom is -0.392 e. The van der Waals surface area contributed by atoms with Gasteiger partial charge in [0.25, 0.3) is 0 Å². The zero-order valence-corrected chi connectivity index (χ0v) is 12.4. The minimum atomic E-state index is -0.435. The lowest BCUT2D eigenvalue weighted by molar-refractivity contribution is -0.117. The van der Waals surface area contributed by atoms with Crippen LogP contribution in [0.15, 0.2) is 24.3 Å². The molecule has 112 valence electrons. The van der Waals surface area contributed by atoms with Gasteiger partial charge in [0.1, 0.15) is 0 Å². The predicted molar refractivity (Wildman–Crippen MR) is 80.2 cm³/mol. The second kappa shape index (κ2) is 7.59. The van der Waals surface area contributed by atoms with Crippen molar-refractivity contribution in [3.63, 3.8) is 0 Å². The average molecular weight is 301 g/mol. The Morgan fingerprint density at radius 2 is 2.30 bits per heavy atom. The van der Waals surface area contributed by atoms with E-state index in [4.69, 9.17) is 4.74 Å². The fraction of sp³-hybridized carbons (Fsp3) is 0.500. The molecule has 0 radical (unpaired) electrons. The van der Waals surface area contributed by atoms with E-state index in [1.165, 1.54) is 0 Å². The van der Waals surface area contributed by atoms with Crippen molar-refractivity contribution in [3.8, 4) is 0 Å². The van der Waals surface area contributed by atoms with Gasteiger partial charge in [-0.1, -0.05) is 12.1 Å². The van der Waals surface area contributed by atoms with Crippen LogP contribution in [0.3, 0.4) is 0 Å². The summed E-state index contributed by atoms with van der Waals surface area (Å²) in [7, 11) is 1.65. The van der Waals surface area contributed by atoms with Crippen molar-refractivity contribution in [1.82, 2.24) is 5.32 Å². The van der Waals surface area contributed by atoms with E-state index in [0.717, 1.165) is 11.3 Å². The first-order chi connectivity index (χ1) is 9.10. The lowest BCUT2D eigenvalue weighted by Crippen LogP contribution is -2.35. The number of anilines is 1. The monoisotopic (exact) mass is 300 g/mol. The van der Waals surface area contributed by atoms with Crippen LogP contribution in [-0.4, -0.2) is 36.8 Å². The summed E-state index contributed by atoms with van der Waals surface area (Å²) in [5.74, 6) is -0.112. The molecule has 3 unspecified atom stereocenters. The van der Waals surface area contributed by atoms with Crippen molar-refractivity contribution in [1.29, 1.82) is 0 Å². The molecule has 20 heavy (non-hydrogen) atoms. The van der Waals surface area contributed by atoms with Gasteiger partial charge < -0.3 is 20.5 Å². The van der Waals surface area contributed by atoms with E-state index in [2.05, 4.69) is 10.6 Å². The fourth-order valence-electron chi connectivity index (χ4n) is 2.15. The fourth-order valence-corrected chi connectivity index (χ4v) is 2.15. The molecule has 1 fully saturated rings. The number of amides is 1. The van der Waals surface area contributed by atoms with Gasteiger partial charge in [-0.25, -0.2) is 0 Å². The molecule has 0 aromatic heterocycles. The zero-order valence-electron chi connectivity index (χ0n) is 11.6. The molecule has 1 amide bonds. The molecule has 1 saturated heterocycles. The Bertz CT molecular complexity index is 456. The number of carbonyl (C=O) groups is 1. The van der Waals surface area contributed by atoms with Crippen LogP contribution in [0, 0.1) is 0 Å². The van der Waals surface area contributed by atoms with Crippen molar-refractivity contribution in [2.45, 2.75) is 31.6 Å². The number of β-amino-alcohol motifs (C(OH)–C–C–N with tert-alkyl or cyclic N) is 1. The maximum Gasteiger partial charge on any atom is 0.241 e. The topological polar surface area (TPSA) is 70.6 Å². The van der Waals surface area contributed by atoms with E-state index < -0.39 is 6.10 Å². The van der Waals surface area contributed by atoms with Gasteiger partial charge >= 0.3 is 0 Å². The number of rotatable bonds is 4. The predicted octanol–water partition coefficient (Wildman–Crippen LogP) is 1.48. The van der Waals surface area contributed by atoms with E-state index in [1.807, 2.05) is 31.2 Å². The summed E-state index contributed by atoms with van der Waals surface area (Å²) in [4.78, 5) is 12.0. The summed E-state index contributed by atoms with van der Waals surface area (Å²) in [5.41, 5.74) is 1.76. The molecular weight excluding hydrogens is 280 g/mol. The normalized spacial score (nSPS) is 22.9. The quantitative estimate of drug-likeness (QED) is 0.788. The van der Waals surface area contributed by atoms with Gasteiger partial charge in [0.05, 0.1) is 18.2 Å².